The Hall–Kier alpha value is -2.75. The van der Waals surface area contributed by atoms with Crippen molar-refractivity contribution in [2.75, 3.05) is 13.2 Å². The summed E-state index contributed by atoms with van der Waals surface area (Å²) in [6.07, 6.45) is 5.03. The quantitative estimate of drug-likeness (QED) is 0.477. The van der Waals surface area contributed by atoms with Crippen LogP contribution in [0.15, 0.2) is 12.1 Å². The predicted molar refractivity (Wildman–Crippen MR) is 65.6 cm³/mol. The fraction of sp³-hybridized carbons (Fsp3) is 0.250. The largest absolute Gasteiger partial charge is 0.490 e. The highest BCUT2D eigenvalue weighted by Gasteiger charge is 2.23. The van der Waals surface area contributed by atoms with Gasteiger partial charge in [0.1, 0.15) is 12.2 Å². The van der Waals surface area contributed by atoms with Crippen molar-refractivity contribution in [1.82, 2.24) is 0 Å². The van der Waals surface area contributed by atoms with Crippen molar-refractivity contribution >= 4 is 11.7 Å². The Balaban J connectivity index is 3.41. The molecule has 0 spiro atoms. The van der Waals surface area contributed by atoms with Crippen LogP contribution in [-0.2, 0) is 0 Å². The molecule has 1 aromatic carbocycles. The van der Waals surface area contributed by atoms with Gasteiger partial charge in [0.15, 0.2) is 11.5 Å². The number of carbonyl (C=O) groups is 1. The topological polar surface area (TPSA) is 98.9 Å². The van der Waals surface area contributed by atoms with Gasteiger partial charge in [-0.2, -0.15) is 0 Å². The summed E-state index contributed by atoms with van der Waals surface area (Å²) in [6.45, 7) is 1.69. The van der Waals surface area contributed by atoms with E-state index < -0.39 is 16.6 Å². The molecule has 0 aliphatic heterocycles. The lowest BCUT2D eigenvalue weighted by Crippen LogP contribution is -2.07. The summed E-state index contributed by atoms with van der Waals surface area (Å²) in [7, 11) is 0. The molecule has 0 radical (unpaired) electrons. The number of ether oxygens (including phenoxy) is 2. The number of hydrogen-bond acceptors (Lipinski definition) is 5. The number of hydrogen-bond donors (Lipinski definition) is 1. The van der Waals surface area contributed by atoms with Crippen LogP contribution in [-0.4, -0.2) is 29.2 Å². The van der Waals surface area contributed by atoms with Crippen LogP contribution in [0.2, 0.25) is 0 Å². The number of nitrogens with zero attached hydrogens (tertiary/aromatic N) is 1. The van der Waals surface area contributed by atoms with E-state index in [2.05, 4.69) is 5.92 Å². The Bertz CT molecular complexity index is 546. The molecule has 0 fully saturated rings. The van der Waals surface area contributed by atoms with Crippen molar-refractivity contribution in [1.29, 1.82) is 0 Å². The van der Waals surface area contributed by atoms with Gasteiger partial charge in [0.05, 0.1) is 17.6 Å². The minimum Gasteiger partial charge on any atom is -0.490 e. The van der Waals surface area contributed by atoms with E-state index in [9.17, 15) is 14.9 Å². The highest BCUT2D eigenvalue weighted by Crippen LogP contribution is 2.36. The second-order valence-electron chi connectivity index (χ2n) is 3.31. The molecule has 19 heavy (non-hydrogen) atoms. The number of carboxylic acid groups (broad SMARTS) is 1. The molecular weight excluding hydrogens is 254 g/mol. The Labute approximate surface area is 108 Å². The third-order valence-corrected chi connectivity index (χ3v) is 2.08. The van der Waals surface area contributed by atoms with Crippen molar-refractivity contribution in [3.05, 3.63) is 27.8 Å². The molecule has 0 heterocycles. The maximum absolute atomic E-state index is 11.1. The fourth-order valence-electron chi connectivity index (χ4n) is 1.38. The van der Waals surface area contributed by atoms with Crippen LogP contribution >= 0.6 is 0 Å². The third kappa shape index (κ3) is 3.35. The van der Waals surface area contributed by atoms with Crippen molar-refractivity contribution in [3.63, 3.8) is 0 Å². The van der Waals surface area contributed by atoms with Gasteiger partial charge in [-0.25, -0.2) is 4.79 Å². The van der Waals surface area contributed by atoms with Crippen molar-refractivity contribution in [2.24, 2.45) is 0 Å². The lowest BCUT2D eigenvalue weighted by molar-refractivity contribution is -0.385. The van der Waals surface area contributed by atoms with E-state index >= 15 is 0 Å². The second-order valence-corrected chi connectivity index (χ2v) is 3.31. The summed E-state index contributed by atoms with van der Waals surface area (Å²) in [4.78, 5) is 21.1. The van der Waals surface area contributed by atoms with Crippen LogP contribution in [0.3, 0.4) is 0 Å². The van der Waals surface area contributed by atoms with Crippen molar-refractivity contribution < 1.29 is 24.3 Å². The zero-order chi connectivity index (χ0) is 14.4. The van der Waals surface area contributed by atoms with E-state index in [1.807, 2.05) is 0 Å². The van der Waals surface area contributed by atoms with Crippen LogP contribution in [0, 0.1) is 22.5 Å². The molecule has 0 aliphatic rings. The standard InChI is InChI=1S/C12H11NO6/c1-3-5-19-11-9(12(14)15)6-8(13(16)17)7-10(11)18-4-2/h1,6-7H,4-5H2,2H3,(H,14,15). The van der Waals surface area contributed by atoms with Crippen LogP contribution in [0.25, 0.3) is 0 Å². The number of nitro groups is 1. The minimum absolute atomic E-state index is 0.0237. The summed E-state index contributed by atoms with van der Waals surface area (Å²) in [5, 5.41) is 19.8. The molecule has 0 aliphatic carbocycles. The first-order chi connectivity index (χ1) is 9.01. The van der Waals surface area contributed by atoms with Crippen LogP contribution in [0.1, 0.15) is 17.3 Å². The molecular formula is C12H11NO6. The number of non-ortho nitro benzene ring substituents is 1. The van der Waals surface area contributed by atoms with E-state index in [1.165, 1.54) is 0 Å². The number of benzene rings is 1. The Kier molecular flexibility index (Phi) is 4.71. The number of rotatable bonds is 6. The molecule has 0 saturated carbocycles. The molecule has 0 aromatic heterocycles. The zero-order valence-electron chi connectivity index (χ0n) is 10.1. The first kappa shape index (κ1) is 14.3. The fourth-order valence-corrected chi connectivity index (χ4v) is 1.38. The monoisotopic (exact) mass is 265 g/mol. The van der Waals surface area contributed by atoms with E-state index in [0.717, 1.165) is 12.1 Å². The molecule has 1 N–H and O–H groups in total. The minimum atomic E-state index is -1.36. The molecule has 0 amide bonds. The first-order valence-corrected chi connectivity index (χ1v) is 5.26. The number of nitro benzene ring substituents is 1. The van der Waals surface area contributed by atoms with Crippen molar-refractivity contribution in [3.8, 4) is 23.8 Å². The van der Waals surface area contributed by atoms with Gasteiger partial charge in [-0.3, -0.25) is 10.1 Å². The summed E-state index contributed by atoms with van der Waals surface area (Å²) >= 11 is 0. The van der Waals surface area contributed by atoms with Gasteiger partial charge in [-0.05, 0) is 6.92 Å². The summed E-state index contributed by atoms with van der Waals surface area (Å²) in [5.41, 5.74) is -0.762. The van der Waals surface area contributed by atoms with E-state index in [1.54, 1.807) is 6.92 Å². The second kappa shape index (κ2) is 6.26. The average Bonchev–Trinajstić information content (AvgIpc) is 2.36. The number of terminal acetylenes is 1. The highest BCUT2D eigenvalue weighted by molar-refractivity contribution is 5.93. The van der Waals surface area contributed by atoms with E-state index in [0.29, 0.717) is 0 Å². The van der Waals surface area contributed by atoms with Gasteiger partial charge < -0.3 is 14.6 Å². The van der Waals surface area contributed by atoms with Crippen LogP contribution in [0.5, 0.6) is 11.5 Å². The van der Waals surface area contributed by atoms with Crippen molar-refractivity contribution in [2.45, 2.75) is 6.92 Å². The van der Waals surface area contributed by atoms with Gasteiger partial charge in [0, 0.05) is 6.07 Å². The maximum atomic E-state index is 11.1. The zero-order valence-corrected chi connectivity index (χ0v) is 10.1. The Morgan fingerprint density at radius 2 is 2.21 bits per heavy atom. The Morgan fingerprint density at radius 3 is 2.68 bits per heavy atom. The smallest absolute Gasteiger partial charge is 0.339 e. The molecule has 0 atom stereocenters. The van der Waals surface area contributed by atoms with Gasteiger partial charge in [-0.15, -0.1) is 6.42 Å². The summed E-state index contributed by atoms with van der Waals surface area (Å²) in [5.74, 6) is 0.683. The molecule has 1 rings (SSSR count). The molecule has 1 aromatic rings. The molecule has 0 unspecified atom stereocenters. The number of aromatic carboxylic acids is 1. The van der Waals surface area contributed by atoms with E-state index in [4.69, 9.17) is 21.0 Å². The normalized spacial score (nSPS) is 9.47. The average molecular weight is 265 g/mol. The lowest BCUT2D eigenvalue weighted by Gasteiger charge is -2.12. The van der Waals surface area contributed by atoms with Crippen LogP contribution in [0.4, 0.5) is 5.69 Å². The van der Waals surface area contributed by atoms with Gasteiger partial charge in [0.2, 0.25) is 0 Å². The summed E-state index contributed by atoms with van der Waals surface area (Å²) in [6, 6.07) is 2.00. The lowest BCUT2D eigenvalue weighted by atomic mass is 10.1. The summed E-state index contributed by atoms with van der Waals surface area (Å²) < 4.78 is 10.3. The SMILES string of the molecule is C#CCOc1c(OCC)cc([N+](=O)[O-])cc1C(=O)O. The molecule has 100 valence electrons. The van der Waals surface area contributed by atoms with E-state index in [-0.39, 0.29) is 30.3 Å². The van der Waals surface area contributed by atoms with Crippen LogP contribution < -0.4 is 9.47 Å². The molecule has 0 saturated heterocycles. The predicted octanol–water partition coefficient (Wildman–Crippen LogP) is 1.70. The number of carboxylic acids is 1. The Morgan fingerprint density at radius 1 is 1.53 bits per heavy atom. The first-order valence-electron chi connectivity index (χ1n) is 5.26. The van der Waals surface area contributed by atoms with Gasteiger partial charge in [-0.1, -0.05) is 5.92 Å². The molecule has 7 heteroatoms. The molecule has 7 nitrogen and oxygen atoms in total. The highest BCUT2D eigenvalue weighted by atomic mass is 16.6. The molecule has 0 bridgehead atoms. The third-order valence-electron chi connectivity index (χ3n) is 2.08. The van der Waals surface area contributed by atoms with Gasteiger partial charge >= 0.3 is 5.97 Å². The maximum Gasteiger partial charge on any atom is 0.339 e. The van der Waals surface area contributed by atoms with Gasteiger partial charge in [0.25, 0.3) is 5.69 Å².